The number of nitrogens with two attached hydrogens (primary N) is 1. The molecule has 2 atom stereocenters. The van der Waals surface area contributed by atoms with E-state index >= 15 is 0 Å². The van der Waals surface area contributed by atoms with Crippen LogP contribution in [0.5, 0.6) is 0 Å². The van der Waals surface area contributed by atoms with Crippen molar-refractivity contribution < 1.29 is 33.0 Å². The Morgan fingerprint density at radius 3 is 1.48 bits per heavy atom. The van der Waals surface area contributed by atoms with Gasteiger partial charge >= 0.3 is 19.5 Å². The van der Waals surface area contributed by atoms with Gasteiger partial charge in [-0.1, -0.05) is 127 Å². The minimum atomic E-state index is -3.91. The number of hydrogen-bond acceptors (Lipinski definition) is 7. The second-order valence-corrected chi connectivity index (χ2v) is 15.2. The summed E-state index contributed by atoms with van der Waals surface area (Å²) in [7, 11) is -3.91. The lowest BCUT2D eigenvalue weighted by atomic mass is 10.1. The molecule has 0 saturated carbocycles. The van der Waals surface area contributed by atoms with E-state index in [1.165, 1.54) is 51.4 Å². The summed E-state index contributed by atoms with van der Waals surface area (Å²) in [5, 5.41) is 0. The third-order valence-electron chi connectivity index (χ3n) is 8.27. The molecule has 0 aliphatic rings. The number of unbranched alkanes of at least 4 members (excludes halogenated alkanes) is 16. The van der Waals surface area contributed by atoms with Crippen molar-refractivity contribution in [1.82, 2.24) is 0 Å². The summed E-state index contributed by atoms with van der Waals surface area (Å²) in [6.45, 7) is 3.89. The normalized spacial score (nSPS) is 13.9. The van der Waals surface area contributed by atoms with Gasteiger partial charge in [-0.05, 0) is 77.0 Å². The Morgan fingerprint density at radius 2 is 1.02 bits per heavy atom. The van der Waals surface area contributed by atoms with Crippen LogP contribution in [0.3, 0.4) is 0 Å². The summed E-state index contributed by atoms with van der Waals surface area (Å²) in [5.74, 6) is -0.805. The predicted octanol–water partition coefficient (Wildman–Crippen LogP) is 11.2. The van der Waals surface area contributed by atoms with E-state index in [-0.39, 0.29) is 44.7 Å². The molecule has 8 nitrogen and oxygen atoms in total. The molecule has 0 heterocycles. The quantitative estimate of drug-likeness (QED) is 0.0283. The van der Waals surface area contributed by atoms with Gasteiger partial charge in [0.1, 0.15) is 6.61 Å². The fourth-order valence-electron chi connectivity index (χ4n) is 5.21. The average Bonchev–Trinajstić information content (AvgIpc) is 3.09. The summed E-state index contributed by atoms with van der Waals surface area (Å²) in [4.78, 5) is 34.8. The fraction of sp³-hybridized carbons (Fsp3) is 0.756. The number of hydrogen-bond donors (Lipinski definition) is 2. The van der Waals surface area contributed by atoms with E-state index < -0.39 is 19.7 Å². The van der Waals surface area contributed by atoms with Gasteiger partial charge in [0.25, 0.3) is 0 Å². The molecule has 0 fully saturated rings. The molecule has 0 aromatic carbocycles. The van der Waals surface area contributed by atoms with Gasteiger partial charge in [0.15, 0.2) is 6.10 Å². The first-order valence-electron chi connectivity index (χ1n) is 20.0. The lowest BCUT2D eigenvalue weighted by molar-refractivity contribution is -0.161. The van der Waals surface area contributed by atoms with Crippen molar-refractivity contribution in [1.29, 1.82) is 0 Å². The number of carbonyl (C=O) groups excluding carboxylic acids is 2. The molecule has 50 heavy (non-hydrogen) atoms. The van der Waals surface area contributed by atoms with Gasteiger partial charge in [-0.2, -0.15) is 0 Å². The number of allylic oxidation sites excluding steroid dienone is 8. The second-order valence-electron chi connectivity index (χ2n) is 13.2. The number of esters is 2. The minimum Gasteiger partial charge on any atom is -0.462 e. The van der Waals surface area contributed by atoms with E-state index in [1.807, 2.05) is 0 Å². The zero-order valence-electron chi connectivity index (χ0n) is 31.9. The van der Waals surface area contributed by atoms with E-state index in [9.17, 15) is 19.0 Å². The van der Waals surface area contributed by atoms with Gasteiger partial charge < -0.3 is 24.6 Å². The summed E-state index contributed by atoms with van der Waals surface area (Å²) in [6, 6.07) is 0. The molecule has 290 valence electrons. The van der Waals surface area contributed by atoms with Gasteiger partial charge in [-0.3, -0.25) is 14.2 Å². The Bertz CT molecular complexity index is 963. The van der Waals surface area contributed by atoms with E-state index in [1.54, 1.807) is 0 Å². The van der Waals surface area contributed by atoms with Crippen LogP contribution < -0.4 is 5.73 Å². The Kier molecular flexibility index (Phi) is 35.3. The highest BCUT2D eigenvalue weighted by molar-refractivity contribution is 7.52. The zero-order valence-corrected chi connectivity index (χ0v) is 32.8. The maximum Gasteiger partial charge on any atom is 0.329 e. The van der Waals surface area contributed by atoms with Gasteiger partial charge in [0.05, 0.1) is 12.8 Å². The van der Waals surface area contributed by atoms with Gasteiger partial charge in [0, 0.05) is 19.4 Å². The zero-order chi connectivity index (χ0) is 36.8. The number of carbonyl (C=O) groups is 2. The van der Waals surface area contributed by atoms with Crippen molar-refractivity contribution in [2.75, 3.05) is 25.9 Å². The number of ether oxygens (including phenoxy) is 2. The van der Waals surface area contributed by atoms with Crippen LogP contribution in [0.15, 0.2) is 48.6 Å². The van der Waals surface area contributed by atoms with Crippen LogP contribution in [0.1, 0.15) is 168 Å². The first-order valence-corrected chi connectivity index (χ1v) is 21.7. The van der Waals surface area contributed by atoms with Crippen LogP contribution in [-0.4, -0.2) is 48.9 Å². The van der Waals surface area contributed by atoms with E-state index in [4.69, 9.17) is 19.7 Å². The maximum absolute atomic E-state index is 12.5. The molecule has 0 bridgehead atoms. The van der Waals surface area contributed by atoms with Crippen LogP contribution in [0.25, 0.3) is 0 Å². The Balaban J connectivity index is 4.19. The lowest BCUT2D eigenvalue weighted by Gasteiger charge is -2.20. The Hall–Kier alpha value is -1.99. The van der Waals surface area contributed by atoms with E-state index in [0.29, 0.717) is 6.42 Å². The maximum atomic E-state index is 12.5. The van der Waals surface area contributed by atoms with Crippen molar-refractivity contribution in [3.05, 3.63) is 48.6 Å². The molecule has 1 unspecified atom stereocenters. The third-order valence-corrected chi connectivity index (χ3v) is 9.64. The first kappa shape index (κ1) is 48.0. The summed E-state index contributed by atoms with van der Waals surface area (Å²) in [6.07, 6.45) is 41.5. The summed E-state index contributed by atoms with van der Waals surface area (Å²) < 4.78 is 28.1. The van der Waals surface area contributed by atoms with Crippen LogP contribution in [-0.2, 0) is 28.2 Å². The summed E-state index contributed by atoms with van der Waals surface area (Å²) in [5.41, 5.74) is 5.40. The molecule has 0 aliphatic heterocycles. The third kappa shape index (κ3) is 35.8. The molecule has 3 N–H and O–H groups in total. The highest BCUT2D eigenvalue weighted by Crippen LogP contribution is 2.41. The fourth-order valence-corrected chi connectivity index (χ4v) is 6.06. The largest absolute Gasteiger partial charge is 0.462 e. The molecular formula is C41H74NO7P. The van der Waals surface area contributed by atoms with Gasteiger partial charge in [0.2, 0.25) is 0 Å². The summed E-state index contributed by atoms with van der Waals surface area (Å²) >= 11 is 0. The molecular weight excluding hydrogens is 649 g/mol. The molecule has 0 aromatic rings. The Labute approximate surface area is 306 Å². The molecule has 0 aliphatic carbocycles. The highest BCUT2D eigenvalue weighted by atomic mass is 31.2. The highest BCUT2D eigenvalue weighted by Gasteiger charge is 2.24. The average molecular weight is 724 g/mol. The Morgan fingerprint density at radius 1 is 0.600 bits per heavy atom. The molecule has 0 aromatic heterocycles. The van der Waals surface area contributed by atoms with E-state index in [0.717, 1.165) is 83.5 Å². The monoisotopic (exact) mass is 724 g/mol. The van der Waals surface area contributed by atoms with Crippen molar-refractivity contribution in [2.24, 2.45) is 5.73 Å². The molecule has 0 amide bonds. The van der Waals surface area contributed by atoms with Crippen LogP contribution in [0.4, 0.5) is 0 Å². The molecule has 9 heteroatoms. The predicted molar refractivity (Wildman–Crippen MR) is 209 cm³/mol. The second kappa shape index (κ2) is 36.8. The van der Waals surface area contributed by atoms with Gasteiger partial charge in [-0.25, -0.2) is 0 Å². The van der Waals surface area contributed by atoms with Crippen molar-refractivity contribution >= 4 is 19.5 Å². The topological polar surface area (TPSA) is 125 Å². The smallest absolute Gasteiger partial charge is 0.329 e. The van der Waals surface area contributed by atoms with Gasteiger partial charge in [-0.15, -0.1) is 0 Å². The first-order chi connectivity index (χ1) is 24.3. The van der Waals surface area contributed by atoms with E-state index in [2.05, 4.69) is 62.5 Å². The standard InChI is InChI=1S/C41H74NO7P/c1-3-5-7-9-11-13-15-17-19-21-23-25-27-29-31-33-40(43)47-37-39(38-48-50(45,46)36-35-42)49-41(44)34-32-30-28-26-24-22-20-18-16-14-12-10-8-6-4-2/h11-14,17-20,39H,3-10,15-16,21-38,42H2,1-2H3,(H,45,46)/b13-11+,14-12+,19-17+,20-18+/t39-/m1/s1. The van der Waals surface area contributed by atoms with Crippen LogP contribution >= 0.6 is 7.60 Å². The number of rotatable bonds is 36. The SMILES string of the molecule is CCCCC/C=C/C/C=C/CCCCCCCC(=O)OC[C@H](COP(=O)(O)CCN)OC(=O)CCCCCCC/C=C/C/C=C/CCCCC. The molecule has 0 radical (unpaired) electrons. The minimum absolute atomic E-state index is 0.00635. The van der Waals surface area contributed by atoms with Crippen molar-refractivity contribution in [3.8, 4) is 0 Å². The van der Waals surface area contributed by atoms with Crippen molar-refractivity contribution in [3.63, 3.8) is 0 Å². The molecule has 0 saturated heterocycles. The van der Waals surface area contributed by atoms with Crippen molar-refractivity contribution in [2.45, 2.75) is 174 Å². The molecule has 0 spiro atoms. The lowest BCUT2D eigenvalue weighted by Crippen LogP contribution is -2.29. The van der Waals surface area contributed by atoms with Crippen LogP contribution in [0.2, 0.25) is 0 Å². The molecule has 0 rings (SSSR count). The van der Waals surface area contributed by atoms with Crippen LogP contribution in [0, 0.1) is 0 Å².